The number of likely N-dealkylation sites (N-methyl/N-ethyl adjacent to an activating group) is 1. The van der Waals surface area contributed by atoms with Crippen LogP contribution in [0.1, 0.15) is 48.0 Å². The molecular formula is C15H34N2O2. The average Bonchev–Trinajstić information content (AvgIpc) is 2.33. The number of hydrogen-bond donors (Lipinski definition) is 2. The third-order valence-electron chi connectivity index (χ3n) is 3.49. The van der Waals surface area contributed by atoms with Gasteiger partial charge in [0, 0.05) is 30.8 Å². The van der Waals surface area contributed by atoms with Crippen molar-refractivity contribution in [1.82, 2.24) is 10.2 Å². The molecule has 4 nitrogen and oxygen atoms in total. The fourth-order valence-corrected chi connectivity index (χ4v) is 2.66. The Labute approximate surface area is 119 Å². The highest BCUT2D eigenvalue weighted by Crippen LogP contribution is 2.16. The van der Waals surface area contributed by atoms with Crippen LogP contribution in [0, 0.1) is 0 Å². The molecule has 0 aliphatic rings. The van der Waals surface area contributed by atoms with E-state index in [1.165, 1.54) is 0 Å². The van der Waals surface area contributed by atoms with Crippen LogP contribution in [0.5, 0.6) is 0 Å². The molecule has 0 radical (unpaired) electrons. The van der Waals surface area contributed by atoms with Crippen LogP contribution in [0.2, 0.25) is 0 Å². The third-order valence-corrected chi connectivity index (χ3v) is 3.49. The summed E-state index contributed by atoms with van der Waals surface area (Å²) in [4.78, 5) is 2.41. The fraction of sp³-hybridized carbons (Fsp3) is 1.00. The van der Waals surface area contributed by atoms with E-state index < -0.39 is 0 Å². The van der Waals surface area contributed by atoms with Gasteiger partial charge in [-0.2, -0.15) is 0 Å². The van der Waals surface area contributed by atoms with Crippen molar-refractivity contribution in [3.8, 4) is 0 Å². The van der Waals surface area contributed by atoms with E-state index in [1.54, 1.807) is 0 Å². The zero-order chi connectivity index (χ0) is 14.9. The van der Waals surface area contributed by atoms with Crippen molar-refractivity contribution in [3.63, 3.8) is 0 Å². The minimum Gasteiger partial charge on any atom is -0.394 e. The Morgan fingerprint density at radius 3 is 2.32 bits per heavy atom. The van der Waals surface area contributed by atoms with Gasteiger partial charge in [0.15, 0.2) is 0 Å². The minimum absolute atomic E-state index is 0.165. The van der Waals surface area contributed by atoms with E-state index in [-0.39, 0.29) is 12.1 Å². The summed E-state index contributed by atoms with van der Waals surface area (Å²) in [6, 6.07) is 0.803. The van der Waals surface area contributed by atoms with Crippen LogP contribution in [0.15, 0.2) is 0 Å². The van der Waals surface area contributed by atoms with Gasteiger partial charge in [-0.3, -0.25) is 4.90 Å². The number of aliphatic hydroxyl groups excluding tert-OH is 1. The second kappa shape index (κ2) is 9.70. The van der Waals surface area contributed by atoms with Crippen LogP contribution in [0.3, 0.4) is 0 Å². The average molecular weight is 274 g/mol. The van der Waals surface area contributed by atoms with Crippen molar-refractivity contribution in [2.24, 2.45) is 0 Å². The van der Waals surface area contributed by atoms with Gasteiger partial charge in [-0.15, -0.1) is 0 Å². The van der Waals surface area contributed by atoms with Crippen LogP contribution < -0.4 is 5.32 Å². The lowest BCUT2D eigenvalue weighted by Gasteiger charge is -2.37. The van der Waals surface area contributed by atoms with Crippen molar-refractivity contribution in [2.45, 2.75) is 65.6 Å². The highest BCUT2D eigenvalue weighted by atomic mass is 16.5. The maximum atomic E-state index is 9.65. The summed E-state index contributed by atoms with van der Waals surface area (Å²) in [5.41, 5.74) is -0.216. The molecule has 0 aromatic carbocycles. The summed E-state index contributed by atoms with van der Waals surface area (Å²) in [6.07, 6.45) is 0.932. The van der Waals surface area contributed by atoms with Crippen molar-refractivity contribution in [3.05, 3.63) is 0 Å². The number of nitrogens with zero attached hydrogens (tertiary/aromatic N) is 1. The predicted octanol–water partition coefficient (Wildman–Crippen LogP) is 1.87. The second-order valence-electron chi connectivity index (χ2n) is 5.90. The first-order chi connectivity index (χ1) is 8.88. The zero-order valence-electron chi connectivity index (χ0n) is 13.7. The van der Waals surface area contributed by atoms with E-state index in [0.29, 0.717) is 12.1 Å². The molecule has 4 heteroatoms. The highest BCUT2D eigenvalue weighted by Gasteiger charge is 2.28. The van der Waals surface area contributed by atoms with Crippen LogP contribution in [-0.2, 0) is 4.74 Å². The third kappa shape index (κ3) is 7.88. The van der Waals surface area contributed by atoms with E-state index in [9.17, 15) is 5.11 Å². The maximum absolute atomic E-state index is 9.65. The smallest absolute Gasteiger partial charge is 0.0611 e. The van der Waals surface area contributed by atoms with Crippen LogP contribution in [-0.4, -0.2) is 60.5 Å². The molecule has 0 rings (SSSR count). The van der Waals surface area contributed by atoms with Gasteiger partial charge in [-0.1, -0.05) is 20.8 Å². The highest BCUT2D eigenvalue weighted by molar-refractivity contribution is 4.88. The van der Waals surface area contributed by atoms with Gasteiger partial charge in [0.2, 0.25) is 0 Å². The van der Waals surface area contributed by atoms with Crippen LogP contribution in [0.25, 0.3) is 0 Å². The van der Waals surface area contributed by atoms with Gasteiger partial charge in [-0.25, -0.2) is 0 Å². The first-order valence-electron chi connectivity index (χ1n) is 7.58. The van der Waals surface area contributed by atoms with E-state index in [0.717, 1.165) is 32.7 Å². The van der Waals surface area contributed by atoms with E-state index in [4.69, 9.17) is 4.74 Å². The summed E-state index contributed by atoms with van der Waals surface area (Å²) in [7, 11) is 0. The number of ether oxygens (including phenoxy) is 1. The Morgan fingerprint density at radius 2 is 1.89 bits per heavy atom. The minimum atomic E-state index is -0.216. The molecule has 0 aromatic rings. The van der Waals surface area contributed by atoms with Crippen molar-refractivity contribution in [1.29, 1.82) is 0 Å². The number of rotatable bonds is 11. The van der Waals surface area contributed by atoms with Gasteiger partial charge in [-0.05, 0) is 33.7 Å². The topological polar surface area (TPSA) is 44.7 Å². The second-order valence-corrected chi connectivity index (χ2v) is 5.90. The first-order valence-corrected chi connectivity index (χ1v) is 7.58. The molecule has 116 valence electrons. The Morgan fingerprint density at radius 1 is 1.26 bits per heavy atom. The molecule has 0 spiro atoms. The van der Waals surface area contributed by atoms with Gasteiger partial charge < -0.3 is 15.2 Å². The van der Waals surface area contributed by atoms with Gasteiger partial charge in [0.1, 0.15) is 0 Å². The molecule has 0 bridgehead atoms. The number of nitrogens with one attached hydrogen (secondary N) is 1. The van der Waals surface area contributed by atoms with Gasteiger partial charge >= 0.3 is 0 Å². The Hall–Kier alpha value is -0.160. The Bertz CT molecular complexity index is 224. The molecule has 0 saturated heterocycles. The largest absolute Gasteiger partial charge is 0.394 e. The van der Waals surface area contributed by atoms with E-state index in [2.05, 4.69) is 44.8 Å². The Balaban J connectivity index is 4.38. The molecule has 0 aromatic heterocycles. The summed E-state index contributed by atoms with van der Waals surface area (Å²) in [5, 5.41) is 13.1. The molecule has 19 heavy (non-hydrogen) atoms. The summed E-state index contributed by atoms with van der Waals surface area (Å²) in [6.45, 7) is 16.4. The van der Waals surface area contributed by atoms with E-state index >= 15 is 0 Å². The molecule has 0 fully saturated rings. The zero-order valence-corrected chi connectivity index (χ0v) is 13.7. The SMILES string of the molecule is CCOCCN(CC)C(C)CC(C)(CO)NC(C)C. The van der Waals surface area contributed by atoms with Gasteiger partial charge in [0.05, 0.1) is 13.2 Å². The van der Waals surface area contributed by atoms with Gasteiger partial charge in [0.25, 0.3) is 0 Å². The molecule has 0 amide bonds. The molecule has 2 atom stereocenters. The van der Waals surface area contributed by atoms with Crippen molar-refractivity contribution < 1.29 is 9.84 Å². The fourth-order valence-electron chi connectivity index (χ4n) is 2.66. The van der Waals surface area contributed by atoms with E-state index in [1.807, 2.05) is 6.92 Å². The lowest BCUT2D eigenvalue weighted by Crippen LogP contribution is -2.53. The first kappa shape index (κ1) is 18.8. The quantitative estimate of drug-likeness (QED) is 0.565. The summed E-state index contributed by atoms with van der Waals surface area (Å²) >= 11 is 0. The van der Waals surface area contributed by atoms with Crippen molar-refractivity contribution >= 4 is 0 Å². The number of hydrogen-bond acceptors (Lipinski definition) is 4. The lowest BCUT2D eigenvalue weighted by molar-refractivity contribution is 0.0766. The van der Waals surface area contributed by atoms with Crippen molar-refractivity contribution in [2.75, 3.05) is 32.9 Å². The molecule has 2 unspecified atom stereocenters. The molecule has 0 aliphatic carbocycles. The maximum Gasteiger partial charge on any atom is 0.0611 e. The monoisotopic (exact) mass is 274 g/mol. The van der Waals surface area contributed by atoms with Crippen LogP contribution >= 0.6 is 0 Å². The summed E-state index contributed by atoms with van der Waals surface area (Å²) in [5.74, 6) is 0. The molecule has 2 N–H and O–H groups in total. The summed E-state index contributed by atoms with van der Waals surface area (Å²) < 4.78 is 5.43. The molecular weight excluding hydrogens is 240 g/mol. The predicted molar refractivity (Wildman–Crippen MR) is 81.6 cm³/mol. The standard InChI is InChI=1S/C15H34N2O2/c1-7-17(9-10-19-8-2)14(5)11-15(6,12-18)16-13(3)4/h13-14,16,18H,7-12H2,1-6H3. The Kier molecular flexibility index (Phi) is 9.62. The van der Waals surface area contributed by atoms with Crippen LogP contribution in [0.4, 0.5) is 0 Å². The molecule has 0 heterocycles. The molecule has 0 saturated carbocycles. The lowest BCUT2D eigenvalue weighted by atomic mass is 9.93. The normalized spacial score (nSPS) is 16.9. The number of aliphatic hydroxyl groups is 1. The molecule has 0 aliphatic heterocycles.